The zero-order chi connectivity index (χ0) is 20.4. The number of amides is 1. The molecule has 146 valence electrons. The van der Waals surface area contributed by atoms with E-state index < -0.39 is 15.9 Å². The first kappa shape index (κ1) is 20.8. The van der Waals surface area contributed by atoms with E-state index >= 15 is 0 Å². The van der Waals surface area contributed by atoms with Crippen molar-refractivity contribution in [3.8, 4) is 0 Å². The third-order valence-electron chi connectivity index (χ3n) is 4.43. The van der Waals surface area contributed by atoms with Gasteiger partial charge in [-0.3, -0.25) is 9.59 Å². The molecule has 0 saturated heterocycles. The maximum atomic E-state index is 12.8. The molecule has 0 aliphatic heterocycles. The van der Waals surface area contributed by atoms with Crippen LogP contribution in [0.4, 0.5) is 5.69 Å². The molecule has 9 heteroatoms. The molecule has 8 nitrogen and oxygen atoms in total. The molecule has 0 saturated carbocycles. The highest BCUT2D eigenvalue weighted by Crippen LogP contribution is 2.26. The Labute approximate surface area is 158 Å². The molecule has 0 unspecified atom stereocenters. The summed E-state index contributed by atoms with van der Waals surface area (Å²) in [5, 5.41) is 6.61. The Morgan fingerprint density at radius 1 is 1.19 bits per heavy atom. The number of rotatable bonds is 6. The summed E-state index contributed by atoms with van der Waals surface area (Å²) in [4.78, 5) is 24.0. The van der Waals surface area contributed by atoms with Crippen LogP contribution in [0.2, 0.25) is 0 Å². The molecule has 1 aromatic carbocycles. The minimum atomic E-state index is -3.65. The van der Waals surface area contributed by atoms with Crippen molar-refractivity contribution in [2.75, 3.05) is 18.4 Å². The molecule has 27 heavy (non-hydrogen) atoms. The summed E-state index contributed by atoms with van der Waals surface area (Å²) < 4.78 is 28.0. The van der Waals surface area contributed by atoms with Crippen LogP contribution in [-0.2, 0) is 17.1 Å². The third-order valence-corrected chi connectivity index (χ3v) is 6.45. The zero-order valence-corrected chi connectivity index (χ0v) is 16.9. The molecule has 0 aliphatic rings. The summed E-state index contributed by atoms with van der Waals surface area (Å²) in [7, 11) is -2.20. The van der Waals surface area contributed by atoms with Crippen LogP contribution in [0.25, 0.3) is 0 Å². The molecule has 2 aromatic rings. The average Bonchev–Trinajstić information content (AvgIpc) is 2.61. The monoisotopic (exact) mass is 392 g/mol. The van der Waals surface area contributed by atoms with E-state index in [4.69, 9.17) is 0 Å². The number of sulfonamides is 1. The highest BCUT2D eigenvalue weighted by Gasteiger charge is 2.23. The SMILES string of the molecule is CCN(CC)S(=O)(=O)c1cc(C)c(C)c(NC(=O)c2ccc(=O)n(C)n2)c1. The molecule has 0 fully saturated rings. The summed E-state index contributed by atoms with van der Waals surface area (Å²) in [5.41, 5.74) is 1.62. The third kappa shape index (κ3) is 4.25. The van der Waals surface area contributed by atoms with Gasteiger partial charge in [-0.15, -0.1) is 0 Å². The molecular weight excluding hydrogens is 368 g/mol. The Bertz CT molecular complexity index is 1020. The van der Waals surface area contributed by atoms with E-state index in [9.17, 15) is 18.0 Å². The van der Waals surface area contributed by atoms with Gasteiger partial charge in [0.25, 0.3) is 11.5 Å². The predicted octanol–water partition coefficient (Wildman–Crippen LogP) is 1.68. The molecular formula is C18H24N4O4S. The molecule has 0 atom stereocenters. The molecule has 0 radical (unpaired) electrons. The highest BCUT2D eigenvalue weighted by atomic mass is 32.2. The number of aryl methyl sites for hydroxylation is 2. The van der Waals surface area contributed by atoms with Gasteiger partial charge in [0.05, 0.1) is 4.90 Å². The van der Waals surface area contributed by atoms with Gasteiger partial charge in [0.2, 0.25) is 10.0 Å². The fraction of sp³-hybridized carbons (Fsp3) is 0.389. The summed E-state index contributed by atoms with van der Waals surface area (Å²) in [6, 6.07) is 5.64. The predicted molar refractivity (Wildman–Crippen MR) is 103 cm³/mol. The van der Waals surface area contributed by atoms with Crippen molar-refractivity contribution in [1.29, 1.82) is 0 Å². The smallest absolute Gasteiger partial charge is 0.276 e. The number of aromatic nitrogens is 2. The lowest BCUT2D eigenvalue weighted by Gasteiger charge is -2.20. The molecule has 0 spiro atoms. The Kier molecular flexibility index (Phi) is 6.17. The van der Waals surface area contributed by atoms with Gasteiger partial charge in [-0.1, -0.05) is 13.8 Å². The quantitative estimate of drug-likeness (QED) is 0.806. The second-order valence-corrected chi connectivity index (χ2v) is 8.07. The van der Waals surface area contributed by atoms with Crippen molar-refractivity contribution < 1.29 is 13.2 Å². The lowest BCUT2D eigenvalue weighted by Crippen LogP contribution is -2.31. The molecule has 1 amide bonds. The Balaban J connectivity index is 2.45. The van der Waals surface area contributed by atoms with Crippen molar-refractivity contribution in [1.82, 2.24) is 14.1 Å². The minimum absolute atomic E-state index is 0.0613. The van der Waals surface area contributed by atoms with Crippen LogP contribution >= 0.6 is 0 Å². The van der Waals surface area contributed by atoms with E-state index in [1.54, 1.807) is 33.8 Å². The van der Waals surface area contributed by atoms with E-state index in [2.05, 4.69) is 10.4 Å². The lowest BCUT2D eigenvalue weighted by molar-refractivity contribution is 0.102. The van der Waals surface area contributed by atoms with Crippen LogP contribution in [0.15, 0.2) is 34.0 Å². The van der Waals surface area contributed by atoms with E-state index in [0.717, 1.165) is 15.8 Å². The molecule has 0 bridgehead atoms. The summed E-state index contributed by atoms with van der Waals surface area (Å²) >= 11 is 0. The normalized spacial score (nSPS) is 11.6. The summed E-state index contributed by atoms with van der Waals surface area (Å²) in [6.07, 6.45) is 0. The number of benzene rings is 1. The number of anilines is 1. The molecule has 1 N–H and O–H groups in total. The second-order valence-electron chi connectivity index (χ2n) is 6.14. The standard InChI is InChI=1S/C18H24N4O4S/c1-6-22(7-2)27(25,26)14-10-12(3)13(4)16(11-14)19-18(24)15-8-9-17(23)21(5)20-15/h8-11H,6-7H2,1-5H3,(H,19,24). The number of nitrogens with zero attached hydrogens (tertiary/aromatic N) is 3. The minimum Gasteiger partial charge on any atom is -0.320 e. The van der Waals surface area contributed by atoms with Gasteiger partial charge in [0.15, 0.2) is 0 Å². The van der Waals surface area contributed by atoms with Crippen molar-refractivity contribution in [3.05, 3.63) is 51.4 Å². The van der Waals surface area contributed by atoms with Crippen LogP contribution in [0.1, 0.15) is 35.5 Å². The molecule has 1 heterocycles. The topological polar surface area (TPSA) is 101 Å². The van der Waals surface area contributed by atoms with Gasteiger partial charge in [0.1, 0.15) is 5.69 Å². The van der Waals surface area contributed by atoms with Crippen molar-refractivity contribution in [3.63, 3.8) is 0 Å². The van der Waals surface area contributed by atoms with Crippen LogP contribution in [0.3, 0.4) is 0 Å². The first-order chi connectivity index (χ1) is 12.6. The van der Waals surface area contributed by atoms with Crippen LogP contribution in [-0.4, -0.2) is 41.5 Å². The molecule has 0 aliphatic carbocycles. The maximum absolute atomic E-state index is 12.8. The van der Waals surface area contributed by atoms with E-state index in [0.29, 0.717) is 18.8 Å². The highest BCUT2D eigenvalue weighted by molar-refractivity contribution is 7.89. The Morgan fingerprint density at radius 2 is 1.81 bits per heavy atom. The summed E-state index contributed by atoms with van der Waals surface area (Å²) in [5.74, 6) is -0.523. The fourth-order valence-electron chi connectivity index (χ4n) is 2.63. The zero-order valence-electron chi connectivity index (χ0n) is 16.1. The Hall–Kier alpha value is -2.52. The Morgan fingerprint density at radius 3 is 2.37 bits per heavy atom. The maximum Gasteiger partial charge on any atom is 0.276 e. The molecule has 1 aromatic heterocycles. The number of hydrogen-bond donors (Lipinski definition) is 1. The van der Waals surface area contributed by atoms with Crippen LogP contribution < -0.4 is 10.9 Å². The van der Waals surface area contributed by atoms with E-state index in [1.165, 1.54) is 29.6 Å². The van der Waals surface area contributed by atoms with Gasteiger partial charge in [0, 0.05) is 31.9 Å². The summed E-state index contributed by atoms with van der Waals surface area (Å²) in [6.45, 7) is 7.85. The van der Waals surface area contributed by atoms with Crippen LogP contribution in [0, 0.1) is 13.8 Å². The van der Waals surface area contributed by atoms with Gasteiger partial charge < -0.3 is 5.32 Å². The first-order valence-corrected chi connectivity index (χ1v) is 10.0. The number of carbonyl (C=O) groups is 1. The largest absolute Gasteiger partial charge is 0.320 e. The van der Waals surface area contributed by atoms with Crippen LogP contribution in [0.5, 0.6) is 0 Å². The fourth-order valence-corrected chi connectivity index (χ4v) is 4.20. The van der Waals surface area contributed by atoms with Gasteiger partial charge in [-0.2, -0.15) is 9.40 Å². The van der Waals surface area contributed by atoms with E-state index in [-0.39, 0.29) is 16.1 Å². The first-order valence-electron chi connectivity index (χ1n) is 8.58. The number of carbonyl (C=O) groups excluding carboxylic acids is 1. The molecule has 2 rings (SSSR count). The lowest BCUT2D eigenvalue weighted by atomic mass is 10.1. The van der Waals surface area contributed by atoms with E-state index in [1.807, 2.05) is 0 Å². The number of nitrogens with one attached hydrogen (secondary N) is 1. The van der Waals surface area contributed by atoms with Gasteiger partial charge in [-0.05, 0) is 43.2 Å². The van der Waals surface area contributed by atoms with Crippen molar-refractivity contribution in [2.24, 2.45) is 7.05 Å². The van der Waals surface area contributed by atoms with Gasteiger partial charge >= 0.3 is 0 Å². The van der Waals surface area contributed by atoms with Crippen molar-refractivity contribution in [2.45, 2.75) is 32.6 Å². The van der Waals surface area contributed by atoms with Crippen molar-refractivity contribution >= 4 is 21.6 Å². The van der Waals surface area contributed by atoms with Gasteiger partial charge in [-0.25, -0.2) is 13.1 Å². The average molecular weight is 392 g/mol. The second kappa shape index (κ2) is 8.01. The number of hydrogen-bond acceptors (Lipinski definition) is 5.